The minimum absolute atomic E-state index is 0.0425. The Morgan fingerprint density at radius 2 is 1.93 bits per heavy atom. The quantitative estimate of drug-likeness (QED) is 0.726. The molecule has 2 heterocycles. The predicted molar refractivity (Wildman–Crippen MR) is 115 cm³/mol. The zero-order chi connectivity index (χ0) is 20.7. The van der Waals surface area contributed by atoms with Crippen molar-refractivity contribution < 1.29 is 14.3 Å². The van der Waals surface area contributed by atoms with Crippen molar-refractivity contribution in [3.05, 3.63) is 53.2 Å². The molecule has 1 saturated heterocycles. The average Bonchev–Trinajstić information content (AvgIpc) is 3.24. The van der Waals surface area contributed by atoms with Crippen LogP contribution in [0.15, 0.2) is 36.4 Å². The Hall–Kier alpha value is -3.28. The number of hydrogen-bond donors (Lipinski definition) is 1. The number of nitrogens with one attached hydrogen (secondary N) is 1. The number of rotatable bonds is 4. The van der Waals surface area contributed by atoms with E-state index in [2.05, 4.69) is 5.32 Å². The second-order valence-corrected chi connectivity index (χ2v) is 7.56. The molecule has 1 aliphatic rings. The number of ether oxygens (including phenoxy) is 1. The zero-order valence-corrected chi connectivity index (χ0v) is 17.2. The van der Waals surface area contributed by atoms with Crippen LogP contribution in [0.25, 0.3) is 10.9 Å². The van der Waals surface area contributed by atoms with Gasteiger partial charge in [0.25, 0.3) is 5.91 Å². The van der Waals surface area contributed by atoms with Crippen LogP contribution in [-0.2, 0) is 11.8 Å². The third-order valence-corrected chi connectivity index (χ3v) is 5.57. The van der Waals surface area contributed by atoms with E-state index in [0.717, 1.165) is 34.1 Å². The molecule has 1 N–H and O–H groups in total. The first-order valence-corrected chi connectivity index (χ1v) is 9.76. The Kier molecular flexibility index (Phi) is 4.78. The molecule has 0 spiro atoms. The Balaban J connectivity index is 1.87. The van der Waals surface area contributed by atoms with E-state index in [4.69, 9.17) is 4.74 Å². The summed E-state index contributed by atoms with van der Waals surface area (Å²) in [5.41, 5.74) is 4.92. The van der Waals surface area contributed by atoms with Crippen molar-refractivity contribution in [2.45, 2.75) is 26.7 Å². The number of carbonyl (C=O) groups excluding carboxylic acids is 2. The van der Waals surface area contributed by atoms with Crippen molar-refractivity contribution >= 4 is 34.1 Å². The lowest BCUT2D eigenvalue weighted by atomic mass is 10.1. The Labute approximate surface area is 170 Å². The topological polar surface area (TPSA) is 63.6 Å². The number of hydrogen-bond acceptors (Lipinski definition) is 3. The molecule has 0 aliphatic carbocycles. The molecule has 1 aromatic heterocycles. The first-order chi connectivity index (χ1) is 13.9. The van der Waals surface area contributed by atoms with Gasteiger partial charge in [0.1, 0.15) is 11.4 Å². The maximum absolute atomic E-state index is 13.4. The van der Waals surface area contributed by atoms with E-state index in [1.54, 1.807) is 12.0 Å². The summed E-state index contributed by atoms with van der Waals surface area (Å²) in [6.07, 6.45) is 1.29. The van der Waals surface area contributed by atoms with Crippen LogP contribution in [0.1, 0.15) is 34.5 Å². The van der Waals surface area contributed by atoms with Gasteiger partial charge in [-0.1, -0.05) is 17.7 Å². The molecule has 0 bridgehead atoms. The maximum Gasteiger partial charge on any atom is 0.274 e. The van der Waals surface area contributed by atoms with Crippen molar-refractivity contribution in [2.75, 3.05) is 23.9 Å². The van der Waals surface area contributed by atoms with Crippen molar-refractivity contribution in [1.82, 2.24) is 4.57 Å². The van der Waals surface area contributed by atoms with Gasteiger partial charge < -0.3 is 19.5 Å². The fraction of sp³-hybridized carbons (Fsp3) is 0.304. The summed E-state index contributed by atoms with van der Waals surface area (Å²) in [5.74, 6) is 0.502. The van der Waals surface area contributed by atoms with E-state index in [0.29, 0.717) is 30.1 Å². The molecular formula is C23H25N3O3. The molecule has 29 heavy (non-hydrogen) atoms. The first-order valence-electron chi connectivity index (χ1n) is 9.76. The van der Waals surface area contributed by atoms with E-state index >= 15 is 0 Å². The monoisotopic (exact) mass is 391 g/mol. The number of aryl methyl sites for hydroxylation is 3. The van der Waals surface area contributed by atoms with Crippen LogP contribution in [0.4, 0.5) is 11.4 Å². The lowest BCUT2D eigenvalue weighted by Gasteiger charge is -2.18. The van der Waals surface area contributed by atoms with E-state index < -0.39 is 0 Å². The summed E-state index contributed by atoms with van der Waals surface area (Å²) < 4.78 is 7.24. The van der Waals surface area contributed by atoms with E-state index in [-0.39, 0.29) is 11.8 Å². The molecule has 6 nitrogen and oxygen atoms in total. The molecule has 2 amide bonds. The van der Waals surface area contributed by atoms with Gasteiger partial charge in [-0.15, -0.1) is 0 Å². The lowest BCUT2D eigenvalue weighted by Crippen LogP contribution is -2.27. The average molecular weight is 391 g/mol. The fourth-order valence-corrected chi connectivity index (χ4v) is 4.08. The fourth-order valence-electron chi connectivity index (χ4n) is 4.08. The molecule has 1 aliphatic heterocycles. The number of fused-ring (bicyclic) bond motifs is 1. The van der Waals surface area contributed by atoms with Crippen molar-refractivity contribution in [3.63, 3.8) is 0 Å². The van der Waals surface area contributed by atoms with E-state index in [1.165, 1.54) is 0 Å². The molecule has 0 atom stereocenters. The van der Waals surface area contributed by atoms with Crippen LogP contribution in [0.3, 0.4) is 0 Å². The van der Waals surface area contributed by atoms with Gasteiger partial charge in [-0.2, -0.15) is 0 Å². The summed E-state index contributed by atoms with van der Waals surface area (Å²) in [5, 5.41) is 3.87. The zero-order valence-electron chi connectivity index (χ0n) is 17.2. The van der Waals surface area contributed by atoms with Gasteiger partial charge in [-0.25, -0.2) is 0 Å². The van der Waals surface area contributed by atoms with Gasteiger partial charge >= 0.3 is 0 Å². The van der Waals surface area contributed by atoms with Crippen molar-refractivity contribution in [1.29, 1.82) is 0 Å². The molecule has 0 saturated carbocycles. The molecule has 150 valence electrons. The highest BCUT2D eigenvalue weighted by Crippen LogP contribution is 2.38. The van der Waals surface area contributed by atoms with Crippen LogP contribution >= 0.6 is 0 Å². The minimum Gasteiger partial charge on any atom is -0.497 e. The molecule has 0 unspecified atom stereocenters. The second-order valence-electron chi connectivity index (χ2n) is 7.56. The Bertz CT molecular complexity index is 1130. The number of nitrogens with zero attached hydrogens (tertiary/aromatic N) is 2. The third kappa shape index (κ3) is 3.24. The molecule has 1 fully saturated rings. The van der Waals surface area contributed by atoms with Crippen LogP contribution < -0.4 is 15.0 Å². The Morgan fingerprint density at radius 1 is 1.14 bits per heavy atom. The van der Waals surface area contributed by atoms with Gasteiger partial charge in [0, 0.05) is 31.1 Å². The summed E-state index contributed by atoms with van der Waals surface area (Å²) in [6, 6.07) is 11.6. The number of methoxy groups -OCH3 is 1. The van der Waals surface area contributed by atoms with E-state index in [9.17, 15) is 9.59 Å². The van der Waals surface area contributed by atoms with Gasteiger partial charge in [0.05, 0.1) is 18.3 Å². The highest BCUT2D eigenvalue weighted by atomic mass is 16.5. The normalized spacial score (nSPS) is 13.9. The predicted octanol–water partition coefficient (Wildman–Crippen LogP) is 4.18. The standard InChI is InChI=1S/C23H25N3O3/c1-14-7-9-18(15(2)12-14)24-23(28)22-21(26-11-5-6-20(26)27)17-13-16(29-4)8-10-19(17)25(22)3/h7-10,12-13H,5-6,11H2,1-4H3,(H,24,28). The Morgan fingerprint density at radius 3 is 2.59 bits per heavy atom. The van der Waals surface area contributed by atoms with Crippen LogP contribution in [0.5, 0.6) is 5.75 Å². The smallest absolute Gasteiger partial charge is 0.274 e. The number of carbonyl (C=O) groups is 2. The highest BCUT2D eigenvalue weighted by molar-refractivity contribution is 6.17. The SMILES string of the molecule is COc1ccc2c(c1)c(N1CCCC1=O)c(C(=O)Nc1ccc(C)cc1C)n2C. The second kappa shape index (κ2) is 7.28. The highest BCUT2D eigenvalue weighted by Gasteiger charge is 2.31. The molecule has 3 aromatic rings. The van der Waals surface area contributed by atoms with Gasteiger partial charge in [0.2, 0.25) is 5.91 Å². The number of aromatic nitrogens is 1. The first kappa shape index (κ1) is 19.1. The minimum atomic E-state index is -0.232. The number of anilines is 2. The van der Waals surface area contributed by atoms with Crippen LogP contribution in [-0.4, -0.2) is 30.0 Å². The van der Waals surface area contributed by atoms with Crippen LogP contribution in [0, 0.1) is 13.8 Å². The largest absolute Gasteiger partial charge is 0.497 e. The van der Waals surface area contributed by atoms with Gasteiger partial charge in [-0.05, 0) is 50.1 Å². The summed E-state index contributed by atoms with van der Waals surface area (Å²) in [4.78, 5) is 27.7. The number of benzene rings is 2. The molecular weight excluding hydrogens is 366 g/mol. The third-order valence-electron chi connectivity index (χ3n) is 5.57. The summed E-state index contributed by atoms with van der Waals surface area (Å²) >= 11 is 0. The lowest BCUT2D eigenvalue weighted by molar-refractivity contribution is -0.117. The van der Waals surface area contributed by atoms with Crippen molar-refractivity contribution in [2.24, 2.45) is 7.05 Å². The molecule has 2 aromatic carbocycles. The van der Waals surface area contributed by atoms with Gasteiger partial charge in [0.15, 0.2) is 0 Å². The molecule has 0 radical (unpaired) electrons. The summed E-state index contributed by atoms with van der Waals surface area (Å²) in [6.45, 7) is 4.60. The van der Waals surface area contributed by atoms with Crippen LogP contribution in [0.2, 0.25) is 0 Å². The van der Waals surface area contributed by atoms with Gasteiger partial charge in [-0.3, -0.25) is 9.59 Å². The number of amides is 2. The maximum atomic E-state index is 13.4. The van der Waals surface area contributed by atoms with Crippen molar-refractivity contribution in [3.8, 4) is 5.75 Å². The summed E-state index contributed by atoms with van der Waals surface area (Å²) in [7, 11) is 3.47. The molecule has 6 heteroatoms. The van der Waals surface area contributed by atoms with E-state index in [1.807, 2.05) is 61.9 Å². The molecule has 4 rings (SSSR count).